The van der Waals surface area contributed by atoms with Crippen molar-refractivity contribution in [2.75, 3.05) is 6.54 Å². The topological polar surface area (TPSA) is 62.2 Å². The number of hydrogen-bond donors (Lipinski definition) is 0. The summed E-state index contributed by atoms with van der Waals surface area (Å²) >= 11 is 0. The van der Waals surface area contributed by atoms with Crippen LogP contribution in [0.2, 0.25) is 0 Å². The number of nitrogens with zero attached hydrogens (tertiary/aromatic N) is 3. The molecule has 0 saturated carbocycles. The summed E-state index contributed by atoms with van der Waals surface area (Å²) in [5.74, 6) is -0.394. The fourth-order valence-corrected chi connectivity index (χ4v) is 3.09. The van der Waals surface area contributed by atoms with Gasteiger partial charge in [-0.2, -0.15) is 18.4 Å². The van der Waals surface area contributed by atoms with Crippen LogP contribution in [0.25, 0.3) is 6.08 Å². The Kier molecular flexibility index (Phi) is 6.96. The number of aryl methyl sites for hydroxylation is 1. The molecular formula is C21H24F3N3O2. The second kappa shape index (κ2) is 9.03. The molecule has 0 saturated heterocycles. The van der Waals surface area contributed by atoms with E-state index in [1.807, 2.05) is 19.9 Å². The van der Waals surface area contributed by atoms with Gasteiger partial charge in [0.1, 0.15) is 23.9 Å². The van der Waals surface area contributed by atoms with Crippen molar-refractivity contribution in [3.05, 3.63) is 52.7 Å². The molecule has 2 aromatic rings. The Hall–Kier alpha value is -2.95. The van der Waals surface area contributed by atoms with E-state index in [0.29, 0.717) is 16.4 Å². The van der Waals surface area contributed by atoms with Gasteiger partial charge >= 0.3 is 6.18 Å². The summed E-state index contributed by atoms with van der Waals surface area (Å²) in [6, 6.07) is 6.58. The van der Waals surface area contributed by atoms with Gasteiger partial charge in [-0.1, -0.05) is 13.8 Å². The predicted octanol–water partition coefficient (Wildman–Crippen LogP) is 4.85. The van der Waals surface area contributed by atoms with E-state index in [2.05, 4.69) is 18.4 Å². The minimum Gasteiger partial charge on any atom is -0.467 e. The molecule has 0 aliphatic carbocycles. The molecule has 0 aliphatic rings. The molecule has 29 heavy (non-hydrogen) atoms. The quantitative estimate of drug-likeness (QED) is 0.487. The smallest absolute Gasteiger partial charge is 0.406 e. The van der Waals surface area contributed by atoms with Gasteiger partial charge in [0.25, 0.3) is 5.91 Å². The van der Waals surface area contributed by atoms with E-state index in [9.17, 15) is 23.2 Å². The van der Waals surface area contributed by atoms with Crippen molar-refractivity contribution >= 4 is 12.0 Å². The van der Waals surface area contributed by atoms with Gasteiger partial charge < -0.3 is 13.9 Å². The highest BCUT2D eigenvalue weighted by molar-refractivity contribution is 6.01. The fraction of sp³-hybridized carbons (Fsp3) is 0.429. The van der Waals surface area contributed by atoms with Crippen LogP contribution in [0.4, 0.5) is 13.2 Å². The molecule has 0 spiro atoms. The van der Waals surface area contributed by atoms with E-state index in [1.54, 1.807) is 6.07 Å². The number of carbonyl (C=O) groups is 1. The van der Waals surface area contributed by atoms with Crippen LogP contribution in [-0.2, 0) is 17.9 Å². The minimum absolute atomic E-state index is 0.204. The molecule has 0 aliphatic heterocycles. The number of carbonyl (C=O) groups excluding carboxylic acids is 1. The van der Waals surface area contributed by atoms with Gasteiger partial charge in [-0.3, -0.25) is 4.79 Å². The van der Waals surface area contributed by atoms with Gasteiger partial charge in [0.2, 0.25) is 0 Å². The van der Waals surface area contributed by atoms with Crippen molar-refractivity contribution in [3.8, 4) is 6.07 Å². The predicted molar refractivity (Wildman–Crippen MR) is 103 cm³/mol. The number of aromatic nitrogens is 1. The van der Waals surface area contributed by atoms with Crippen molar-refractivity contribution in [1.82, 2.24) is 9.47 Å². The summed E-state index contributed by atoms with van der Waals surface area (Å²) in [6.07, 6.45) is -1.93. The molecule has 0 radical (unpaired) electrons. The molecule has 0 aromatic carbocycles. The van der Waals surface area contributed by atoms with Gasteiger partial charge in [0, 0.05) is 17.9 Å². The van der Waals surface area contributed by atoms with Gasteiger partial charge in [0.05, 0.1) is 12.8 Å². The number of hydrogen-bond acceptors (Lipinski definition) is 3. The summed E-state index contributed by atoms with van der Waals surface area (Å²) in [5, 5.41) is 9.47. The van der Waals surface area contributed by atoms with E-state index >= 15 is 0 Å². The number of rotatable bonds is 7. The first kappa shape index (κ1) is 22.3. The third-order valence-electron chi connectivity index (χ3n) is 4.40. The molecule has 2 aromatic heterocycles. The van der Waals surface area contributed by atoms with E-state index in [0.717, 1.165) is 17.9 Å². The Labute approximate surface area is 168 Å². The summed E-state index contributed by atoms with van der Waals surface area (Å²) in [4.78, 5) is 13.3. The van der Waals surface area contributed by atoms with E-state index < -0.39 is 18.6 Å². The van der Waals surface area contributed by atoms with Crippen LogP contribution in [0, 0.1) is 31.1 Å². The van der Waals surface area contributed by atoms with Crippen LogP contribution < -0.4 is 0 Å². The van der Waals surface area contributed by atoms with Crippen molar-refractivity contribution < 1.29 is 22.4 Å². The Morgan fingerprint density at radius 2 is 2.07 bits per heavy atom. The Morgan fingerprint density at radius 3 is 2.59 bits per heavy atom. The Balaban J connectivity index is 2.37. The lowest BCUT2D eigenvalue weighted by atomic mass is 10.1. The third kappa shape index (κ3) is 6.01. The maximum absolute atomic E-state index is 13.0. The highest BCUT2D eigenvalue weighted by Crippen LogP contribution is 2.23. The van der Waals surface area contributed by atoms with E-state index in [-0.39, 0.29) is 17.9 Å². The molecule has 156 valence electrons. The lowest BCUT2D eigenvalue weighted by Gasteiger charge is -2.22. The molecular weight excluding hydrogens is 383 g/mol. The average molecular weight is 407 g/mol. The van der Waals surface area contributed by atoms with Crippen molar-refractivity contribution in [2.24, 2.45) is 5.92 Å². The molecule has 0 N–H and O–H groups in total. The average Bonchev–Trinajstić information content (AvgIpc) is 3.21. The lowest BCUT2D eigenvalue weighted by molar-refractivity contribution is -0.160. The standard InChI is InChI=1S/C21H24F3N3O2/c1-14(2)11-27-15(3)8-17(16(27)4)9-18(10-25)20(28)26(13-21(22,23)24)12-19-6-5-7-29-19/h5-9,14H,11-13H2,1-4H3/b18-9-. The van der Waals surface area contributed by atoms with Crippen LogP contribution in [0.15, 0.2) is 34.5 Å². The fourth-order valence-electron chi connectivity index (χ4n) is 3.09. The monoisotopic (exact) mass is 407 g/mol. The normalized spacial score (nSPS) is 12.3. The molecule has 1 amide bonds. The van der Waals surface area contributed by atoms with E-state index in [4.69, 9.17) is 4.42 Å². The first-order valence-electron chi connectivity index (χ1n) is 9.18. The highest BCUT2D eigenvalue weighted by atomic mass is 19.4. The second-order valence-corrected chi connectivity index (χ2v) is 7.36. The zero-order valence-electron chi connectivity index (χ0n) is 16.9. The number of furan rings is 1. The highest BCUT2D eigenvalue weighted by Gasteiger charge is 2.34. The third-order valence-corrected chi connectivity index (χ3v) is 4.40. The second-order valence-electron chi connectivity index (χ2n) is 7.36. The summed E-state index contributed by atoms with van der Waals surface area (Å²) in [5.41, 5.74) is 2.09. The summed E-state index contributed by atoms with van der Waals surface area (Å²) in [7, 11) is 0. The summed E-state index contributed by atoms with van der Waals surface area (Å²) in [6.45, 7) is 6.82. The molecule has 5 nitrogen and oxygen atoms in total. The number of nitriles is 1. The molecule has 0 atom stereocenters. The van der Waals surface area contributed by atoms with Gasteiger partial charge in [0.15, 0.2) is 0 Å². The van der Waals surface area contributed by atoms with Crippen LogP contribution in [-0.4, -0.2) is 28.1 Å². The van der Waals surface area contributed by atoms with E-state index in [1.165, 1.54) is 24.5 Å². The Bertz CT molecular complexity index is 916. The first-order valence-corrected chi connectivity index (χ1v) is 9.18. The van der Waals surface area contributed by atoms with Crippen LogP contribution in [0.3, 0.4) is 0 Å². The molecule has 0 bridgehead atoms. The minimum atomic E-state index is -4.60. The van der Waals surface area contributed by atoms with Crippen LogP contribution >= 0.6 is 0 Å². The van der Waals surface area contributed by atoms with Crippen molar-refractivity contribution in [2.45, 2.75) is 47.0 Å². The number of halogens is 3. The Morgan fingerprint density at radius 1 is 1.38 bits per heavy atom. The largest absolute Gasteiger partial charge is 0.467 e. The molecule has 8 heteroatoms. The van der Waals surface area contributed by atoms with Crippen molar-refractivity contribution in [1.29, 1.82) is 5.26 Å². The van der Waals surface area contributed by atoms with Crippen LogP contribution in [0.5, 0.6) is 0 Å². The molecule has 2 heterocycles. The first-order chi connectivity index (χ1) is 13.5. The summed E-state index contributed by atoms with van der Waals surface area (Å²) < 4.78 is 46.1. The maximum atomic E-state index is 13.0. The molecule has 2 rings (SSSR count). The maximum Gasteiger partial charge on any atom is 0.406 e. The van der Waals surface area contributed by atoms with Crippen molar-refractivity contribution in [3.63, 3.8) is 0 Å². The SMILES string of the molecule is Cc1cc(/C=C(/C#N)C(=O)N(Cc2ccco2)CC(F)(F)F)c(C)n1CC(C)C. The van der Waals surface area contributed by atoms with Crippen LogP contribution in [0.1, 0.15) is 36.6 Å². The molecule has 0 fully saturated rings. The zero-order chi connectivity index (χ0) is 21.8. The zero-order valence-corrected chi connectivity index (χ0v) is 16.9. The van der Waals surface area contributed by atoms with Gasteiger partial charge in [-0.05, 0) is 49.6 Å². The number of amides is 1. The van der Waals surface area contributed by atoms with Gasteiger partial charge in [-0.25, -0.2) is 0 Å². The molecule has 0 unspecified atom stereocenters. The number of alkyl halides is 3. The van der Waals surface area contributed by atoms with Gasteiger partial charge in [-0.15, -0.1) is 0 Å². The lowest BCUT2D eigenvalue weighted by Crippen LogP contribution is -2.39.